The molecule has 0 radical (unpaired) electrons. The lowest BCUT2D eigenvalue weighted by Gasteiger charge is -2.13. The Morgan fingerprint density at radius 2 is 1.96 bits per heavy atom. The summed E-state index contributed by atoms with van der Waals surface area (Å²) in [6.07, 6.45) is -0.571. The zero-order chi connectivity index (χ0) is 19.1. The molecule has 0 spiro atoms. The van der Waals surface area contributed by atoms with Gasteiger partial charge in [-0.2, -0.15) is 17.0 Å². The Bertz CT molecular complexity index is 564. The Hall–Kier alpha value is -2.28. The fourth-order valence-electron chi connectivity index (χ4n) is 1.49. The first kappa shape index (κ1) is 22.7. The monoisotopic (exact) mass is 370 g/mol. The molecule has 25 heavy (non-hydrogen) atoms. The molecule has 0 amide bonds. The largest absolute Gasteiger partial charge is 0.489 e. The summed E-state index contributed by atoms with van der Waals surface area (Å²) in [5.41, 5.74) is 0.488. The van der Waals surface area contributed by atoms with E-state index in [4.69, 9.17) is 29.8 Å². The van der Waals surface area contributed by atoms with E-state index >= 15 is 0 Å². The molecule has 0 fully saturated rings. The summed E-state index contributed by atoms with van der Waals surface area (Å²) in [6.45, 7) is 3.69. The van der Waals surface area contributed by atoms with Crippen molar-refractivity contribution in [1.82, 2.24) is 5.32 Å². The van der Waals surface area contributed by atoms with E-state index < -0.39 is 18.0 Å². The molecule has 0 aliphatic rings. The summed E-state index contributed by atoms with van der Waals surface area (Å²) in [7, 11) is 0. The lowest BCUT2D eigenvalue weighted by Crippen LogP contribution is -2.32. The van der Waals surface area contributed by atoms with Gasteiger partial charge < -0.3 is 25.4 Å². The number of hydrogen-bond donors (Lipinski definition) is 4. The minimum absolute atomic E-state index is 0.187. The van der Waals surface area contributed by atoms with Crippen molar-refractivity contribution in [3.8, 4) is 11.8 Å². The van der Waals surface area contributed by atoms with Crippen molar-refractivity contribution in [2.75, 3.05) is 31.2 Å². The molecular formula is C16H22N2O6S. The number of carboxylic acids is 2. The quantitative estimate of drug-likeness (QED) is 0.367. The van der Waals surface area contributed by atoms with Crippen LogP contribution in [0.1, 0.15) is 12.5 Å². The van der Waals surface area contributed by atoms with Crippen molar-refractivity contribution in [2.45, 2.75) is 13.0 Å². The number of nitriles is 1. The second-order valence-electron chi connectivity index (χ2n) is 4.58. The molecule has 0 aromatic heterocycles. The fourth-order valence-corrected chi connectivity index (χ4v) is 2.06. The minimum atomic E-state index is -1.82. The van der Waals surface area contributed by atoms with Crippen molar-refractivity contribution in [2.24, 2.45) is 0 Å². The predicted octanol–water partition coefficient (Wildman–Crippen LogP) is 0.796. The Kier molecular flexibility index (Phi) is 12.8. The van der Waals surface area contributed by atoms with Crippen molar-refractivity contribution in [3.63, 3.8) is 0 Å². The number of aliphatic hydroxyl groups excluding tert-OH is 1. The van der Waals surface area contributed by atoms with E-state index in [9.17, 15) is 5.11 Å². The molecule has 0 saturated carbocycles. The second kappa shape index (κ2) is 14.1. The molecule has 1 rings (SSSR count). The van der Waals surface area contributed by atoms with Crippen LogP contribution in [0.15, 0.2) is 24.3 Å². The summed E-state index contributed by atoms with van der Waals surface area (Å²) < 4.78 is 5.45. The normalized spacial score (nSPS) is 10.8. The van der Waals surface area contributed by atoms with E-state index in [0.717, 1.165) is 18.1 Å². The number of nitrogens with zero attached hydrogens (tertiary/aromatic N) is 1. The average molecular weight is 370 g/mol. The number of rotatable bonds is 9. The molecule has 1 aromatic rings. The third kappa shape index (κ3) is 11.8. The fraction of sp³-hybridized carbons (Fsp3) is 0.438. The van der Waals surface area contributed by atoms with Crippen LogP contribution in [-0.2, 0) is 9.59 Å². The number of para-hydroxylation sites is 1. The average Bonchev–Trinajstić information content (AvgIpc) is 2.60. The third-order valence-electron chi connectivity index (χ3n) is 2.63. The van der Waals surface area contributed by atoms with Crippen LogP contribution in [0.5, 0.6) is 5.75 Å². The SMILES string of the molecule is CCSCCNCC(O)COc1ccccc1C#N.O=C(O)C(=O)O. The third-order valence-corrected chi connectivity index (χ3v) is 3.53. The van der Waals surface area contributed by atoms with E-state index in [-0.39, 0.29) is 6.61 Å². The van der Waals surface area contributed by atoms with Crippen molar-refractivity contribution < 1.29 is 29.6 Å². The first-order valence-corrected chi connectivity index (χ1v) is 8.62. The van der Waals surface area contributed by atoms with E-state index in [1.807, 2.05) is 17.8 Å². The van der Waals surface area contributed by atoms with Gasteiger partial charge in [-0.15, -0.1) is 0 Å². The summed E-state index contributed by atoms with van der Waals surface area (Å²) in [5.74, 6) is -0.977. The summed E-state index contributed by atoms with van der Waals surface area (Å²) >= 11 is 1.86. The second-order valence-corrected chi connectivity index (χ2v) is 5.98. The minimum Gasteiger partial charge on any atom is -0.489 e. The van der Waals surface area contributed by atoms with E-state index in [1.54, 1.807) is 18.2 Å². The number of hydrogen-bond acceptors (Lipinski definition) is 7. The van der Waals surface area contributed by atoms with Crippen LogP contribution in [0.25, 0.3) is 0 Å². The van der Waals surface area contributed by atoms with Crippen molar-refractivity contribution >= 4 is 23.7 Å². The Balaban J connectivity index is 0.000000823. The first-order chi connectivity index (χ1) is 11.9. The van der Waals surface area contributed by atoms with Crippen molar-refractivity contribution in [3.05, 3.63) is 29.8 Å². The molecule has 0 aliphatic heterocycles. The number of carbonyl (C=O) groups is 2. The smallest absolute Gasteiger partial charge is 0.414 e. The molecule has 1 aromatic carbocycles. The number of ether oxygens (including phenoxy) is 1. The standard InChI is InChI=1S/C14H20N2O2S.C2H2O4/c1-2-19-8-7-16-10-13(17)11-18-14-6-4-3-5-12(14)9-15;3-1(4)2(5)6/h3-6,13,16-17H,2,7-8,10-11H2,1H3;(H,3,4)(H,5,6). The number of nitrogens with one attached hydrogen (secondary N) is 1. The Labute approximate surface area is 150 Å². The predicted molar refractivity (Wildman–Crippen MR) is 93.8 cm³/mol. The highest BCUT2D eigenvalue weighted by Gasteiger charge is 2.07. The maximum atomic E-state index is 9.75. The van der Waals surface area contributed by atoms with Crippen LogP contribution in [0.4, 0.5) is 0 Å². The van der Waals surface area contributed by atoms with E-state index in [1.165, 1.54) is 0 Å². The zero-order valence-electron chi connectivity index (χ0n) is 13.8. The van der Waals surface area contributed by atoms with Gasteiger partial charge in [0.05, 0.1) is 5.56 Å². The molecular weight excluding hydrogens is 348 g/mol. The first-order valence-electron chi connectivity index (χ1n) is 7.47. The topological polar surface area (TPSA) is 140 Å². The number of aliphatic carboxylic acids is 2. The van der Waals surface area contributed by atoms with E-state index in [2.05, 4.69) is 18.3 Å². The summed E-state index contributed by atoms with van der Waals surface area (Å²) in [4.78, 5) is 18.2. The molecule has 4 N–H and O–H groups in total. The van der Waals surface area contributed by atoms with Crippen LogP contribution >= 0.6 is 11.8 Å². The van der Waals surface area contributed by atoms with Crippen LogP contribution in [0.3, 0.4) is 0 Å². The van der Waals surface area contributed by atoms with Gasteiger partial charge in [-0.25, -0.2) is 9.59 Å². The number of aliphatic hydroxyl groups is 1. The van der Waals surface area contributed by atoms with E-state index in [0.29, 0.717) is 17.9 Å². The lowest BCUT2D eigenvalue weighted by molar-refractivity contribution is -0.159. The Morgan fingerprint density at radius 1 is 1.32 bits per heavy atom. The van der Waals surface area contributed by atoms with Gasteiger partial charge in [0.15, 0.2) is 0 Å². The molecule has 138 valence electrons. The summed E-state index contributed by atoms with van der Waals surface area (Å²) in [5, 5.41) is 36.6. The molecule has 0 heterocycles. The van der Waals surface area contributed by atoms with Gasteiger partial charge in [-0.05, 0) is 17.9 Å². The van der Waals surface area contributed by atoms with Crippen LogP contribution < -0.4 is 10.1 Å². The molecule has 9 heteroatoms. The van der Waals surface area contributed by atoms with Gasteiger partial charge >= 0.3 is 11.9 Å². The Morgan fingerprint density at radius 3 is 2.52 bits per heavy atom. The van der Waals surface area contributed by atoms with Gasteiger partial charge in [0.25, 0.3) is 0 Å². The molecule has 1 unspecified atom stereocenters. The van der Waals surface area contributed by atoms with Gasteiger partial charge in [0.2, 0.25) is 0 Å². The van der Waals surface area contributed by atoms with Crippen molar-refractivity contribution in [1.29, 1.82) is 5.26 Å². The maximum Gasteiger partial charge on any atom is 0.414 e. The zero-order valence-corrected chi connectivity index (χ0v) is 14.7. The van der Waals surface area contributed by atoms with Gasteiger partial charge in [0.1, 0.15) is 24.5 Å². The van der Waals surface area contributed by atoms with Gasteiger partial charge in [0, 0.05) is 18.8 Å². The maximum absolute atomic E-state index is 9.75. The van der Waals surface area contributed by atoms with Crippen LogP contribution in [0, 0.1) is 11.3 Å². The lowest BCUT2D eigenvalue weighted by atomic mass is 10.2. The van der Waals surface area contributed by atoms with Crippen LogP contribution in [0.2, 0.25) is 0 Å². The highest BCUT2D eigenvalue weighted by molar-refractivity contribution is 7.99. The number of benzene rings is 1. The molecule has 0 bridgehead atoms. The number of thioether (sulfide) groups is 1. The molecule has 1 atom stereocenters. The van der Waals surface area contributed by atoms with Crippen LogP contribution in [-0.4, -0.2) is 64.6 Å². The highest BCUT2D eigenvalue weighted by atomic mass is 32.2. The number of carboxylic acid groups (broad SMARTS) is 2. The molecule has 0 aliphatic carbocycles. The van der Waals surface area contributed by atoms with Gasteiger partial charge in [-0.3, -0.25) is 0 Å². The highest BCUT2D eigenvalue weighted by Crippen LogP contribution is 2.16. The van der Waals surface area contributed by atoms with Gasteiger partial charge in [-0.1, -0.05) is 19.1 Å². The summed E-state index contributed by atoms with van der Waals surface area (Å²) in [6, 6.07) is 9.08. The molecule has 8 nitrogen and oxygen atoms in total. The molecule has 0 saturated heterocycles.